The largest absolute Gasteiger partial charge is 0.330 e. The minimum Gasteiger partial charge on any atom is -0.330 e. The van der Waals surface area contributed by atoms with Gasteiger partial charge in [-0.3, -0.25) is 4.98 Å². The molecule has 4 heteroatoms. The summed E-state index contributed by atoms with van der Waals surface area (Å²) in [6, 6.07) is 1.26. The molecule has 2 nitrogen and oxygen atoms in total. The molecule has 1 aromatic heterocycles. The molecule has 0 radical (unpaired) electrons. The molecule has 66 valence electrons. The van der Waals surface area contributed by atoms with Crippen LogP contribution in [0.2, 0.25) is 5.02 Å². The Bertz CT molecular complexity index is 265. The Kier molecular flexibility index (Phi) is 3.44. The van der Waals surface area contributed by atoms with Crippen molar-refractivity contribution in [1.29, 1.82) is 0 Å². The van der Waals surface area contributed by atoms with E-state index in [1.807, 2.05) is 0 Å². The van der Waals surface area contributed by atoms with Gasteiger partial charge >= 0.3 is 0 Å². The molecule has 0 atom stereocenters. The Hall–Kier alpha value is -0.670. The molecule has 1 rings (SSSR count). The summed E-state index contributed by atoms with van der Waals surface area (Å²) in [7, 11) is 0. The maximum absolute atomic E-state index is 13.0. The van der Waals surface area contributed by atoms with E-state index in [9.17, 15) is 4.39 Å². The number of aromatic nitrogens is 1. The lowest BCUT2D eigenvalue weighted by atomic mass is 10.2. The minimum atomic E-state index is -0.351. The van der Waals surface area contributed by atoms with Gasteiger partial charge in [0, 0.05) is 6.20 Å². The molecule has 0 unspecified atom stereocenters. The van der Waals surface area contributed by atoms with Gasteiger partial charge in [0.2, 0.25) is 0 Å². The van der Waals surface area contributed by atoms with Gasteiger partial charge in [0.05, 0.1) is 10.7 Å². The SMILES string of the molecule is NCCCc1ncc(Cl)cc1F. The van der Waals surface area contributed by atoms with Crippen molar-refractivity contribution in [1.82, 2.24) is 4.98 Å². The van der Waals surface area contributed by atoms with Gasteiger partial charge in [-0.05, 0) is 25.5 Å². The van der Waals surface area contributed by atoms with Crippen molar-refractivity contribution in [3.8, 4) is 0 Å². The molecule has 0 spiro atoms. The lowest BCUT2D eigenvalue weighted by Gasteiger charge is -2.00. The first kappa shape index (κ1) is 9.42. The van der Waals surface area contributed by atoms with E-state index < -0.39 is 0 Å². The summed E-state index contributed by atoms with van der Waals surface area (Å²) in [4.78, 5) is 3.85. The summed E-state index contributed by atoms with van der Waals surface area (Å²) in [5, 5.41) is 0.323. The summed E-state index contributed by atoms with van der Waals surface area (Å²) in [6.45, 7) is 0.545. The third-order valence-electron chi connectivity index (χ3n) is 1.50. The standard InChI is InChI=1S/C8H10ClFN2/c9-6-4-7(10)8(12-5-6)2-1-3-11/h4-5H,1-3,11H2. The number of halogens is 2. The molecule has 12 heavy (non-hydrogen) atoms. The van der Waals surface area contributed by atoms with Gasteiger partial charge in [0.15, 0.2) is 0 Å². The first-order chi connectivity index (χ1) is 5.74. The minimum absolute atomic E-state index is 0.323. The van der Waals surface area contributed by atoms with Crippen molar-refractivity contribution in [2.75, 3.05) is 6.54 Å². The van der Waals surface area contributed by atoms with Crippen molar-refractivity contribution >= 4 is 11.6 Å². The van der Waals surface area contributed by atoms with Gasteiger partial charge in [-0.2, -0.15) is 0 Å². The Morgan fingerprint density at radius 2 is 2.33 bits per heavy atom. The normalized spacial score (nSPS) is 10.2. The topological polar surface area (TPSA) is 38.9 Å². The Morgan fingerprint density at radius 1 is 1.58 bits per heavy atom. The predicted octanol–water partition coefficient (Wildman–Crippen LogP) is 1.77. The van der Waals surface area contributed by atoms with Gasteiger partial charge in [-0.25, -0.2) is 4.39 Å². The summed E-state index contributed by atoms with van der Waals surface area (Å²) in [6.07, 6.45) is 2.75. The number of hydrogen-bond donors (Lipinski definition) is 1. The predicted molar refractivity (Wildman–Crippen MR) is 46.6 cm³/mol. The number of aryl methyl sites for hydroxylation is 1. The fraction of sp³-hybridized carbons (Fsp3) is 0.375. The lowest BCUT2D eigenvalue weighted by molar-refractivity contribution is 0.593. The first-order valence-electron chi connectivity index (χ1n) is 3.74. The summed E-state index contributed by atoms with van der Waals surface area (Å²) in [5.41, 5.74) is 5.72. The third kappa shape index (κ3) is 2.43. The lowest BCUT2D eigenvalue weighted by Crippen LogP contribution is -2.03. The van der Waals surface area contributed by atoms with Crippen LogP contribution in [-0.4, -0.2) is 11.5 Å². The van der Waals surface area contributed by atoms with Crippen LogP contribution in [0.25, 0.3) is 0 Å². The fourth-order valence-electron chi connectivity index (χ4n) is 0.896. The summed E-state index contributed by atoms with van der Waals surface area (Å²) in [5.74, 6) is -0.351. The van der Waals surface area contributed by atoms with Crippen LogP contribution in [0.15, 0.2) is 12.3 Å². The van der Waals surface area contributed by atoms with Gasteiger partial charge in [0.25, 0.3) is 0 Å². The molecule has 1 heterocycles. The average molecular weight is 189 g/mol. The second-order valence-corrected chi connectivity index (χ2v) is 2.91. The van der Waals surface area contributed by atoms with Gasteiger partial charge in [0.1, 0.15) is 5.82 Å². The van der Waals surface area contributed by atoms with E-state index in [2.05, 4.69) is 4.98 Å². The maximum atomic E-state index is 13.0. The van der Waals surface area contributed by atoms with E-state index in [-0.39, 0.29) is 5.82 Å². The fourth-order valence-corrected chi connectivity index (χ4v) is 1.04. The van der Waals surface area contributed by atoms with E-state index in [1.54, 1.807) is 0 Å². The van der Waals surface area contributed by atoms with Crippen LogP contribution in [0.3, 0.4) is 0 Å². The molecule has 0 saturated heterocycles. The van der Waals surface area contributed by atoms with Crippen molar-refractivity contribution in [3.63, 3.8) is 0 Å². The molecule has 0 aliphatic heterocycles. The Balaban J connectivity index is 2.72. The van der Waals surface area contributed by atoms with Crippen LogP contribution in [0, 0.1) is 5.82 Å². The number of pyridine rings is 1. The van der Waals surface area contributed by atoms with E-state index in [0.29, 0.717) is 23.7 Å². The highest BCUT2D eigenvalue weighted by Gasteiger charge is 2.02. The zero-order valence-electron chi connectivity index (χ0n) is 6.56. The molecule has 0 fully saturated rings. The van der Waals surface area contributed by atoms with Crippen LogP contribution in [0.4, 0.5) is 4.39 Å². The number of hydrogen-bond acceptors (Lipinski definition) is 2. The molecule has 0 amide bonds. The number of nitrogens with two attached hydrogens (primary N) is 1. The van der Waals surface area contributed by atoms with Crippen LogP contribution >= 0.6 is 11.6 Å². The molecular weight excluding hydrogens is 179 g/mol. The maximum Gasteiger partial charge on any atom is 0.146 e. The zero-order chi connectivity index (χ0) is 8.97. The van der Waals surface area contributed by atoms with E-state index in [0.717, 1.165) is 6.42 Å². The Morgan fingerprint density at radius 3 is 2.92 bits per heavy atom. The van der Waals surface area contributed by atoms with Crippen LogP contribution in [0.1, 0.15) is 12.1 Å². The first-order valence-corrected chi connectivity index (χ1v) is 4.12. The van der Waals surface area contributed by atoms with Crippen molar-refractivity contribution in [3.05, 3.63) is 28.8 Å². The molecule has 0 saturated carbocycles. The van der Waals surface area contributed by atoms with Crippen LogP contribution < -0.4 is 5.73 Å². The quantitative estimate of drug-likeness (QED) is 0.785. The smallest absolute Gasteiger partial charge is 0.146 e. The van der Waals surface area contributed by atoms with Crippen molar-refractivity contribution in [2.24, 2.45) is 5.73 Å². The van der Waals surface area contributed by atoms with Gasteiger partial charge in [-0.1, -0.05) is 11.6 Å². The van der Waals surface area contributed by atoms with E-state index in [4.69, 9.17) is 17.3 Å². The monoisotopic (exact) mass is 188 g/mol. The van der Waals surface area contributed by atoms with E-state index in [1.165, 1.54) is 12.3 Å². The third-order valence-corrected chi connectivity index (χ3v) is 1.71. The molecule has 2 N–H and O–H groups in total. The Labute approximate surface area is 75.6 Å². The highest BCUT2D eigenvalue weighted by Crippen LogP contribution is 2.12. The summed E-state index contributed by atoms with van der Waals surface area (Å²) < 4.78 is 13.0. The summed E-state index contributed by atoms with van der Waals surface area (Å²) >= 11 is 5.52. The molecule has 0 aromatic carbocycles. The second kappa shape index (κ2) is 4.38. The van der Waals surface area contributed by atoms with Crippen molar-refractivity contribution < 1.29 is 4.39 Å². The highest BCUT2D eigenvalue weighted by molar-refractivity contribution is 6.30. The van der Waals surface area contributed by atoms with Crippen LogP contribution in [0.5, 0.6) is 0 Å². The average Bonchev–Trinajstić information content (AvgIpc) is 2.03. The van der Waals surface area contributed by atoms with E-state index >= 15 is 0 Å². The molecule has 0 bridgehead atoms. The van der Waals surface area contributed by atoms with Crippen molar-refractivity contribution in [2.45, 2.75) is 12.8 Å². The van der Waals surface area contributed by atoms with Crippen LogP contribution in [-0.2, 0) is 6.42 Å². The molecule has 0 aliphatic rings. The second-order valence-electron chi connectivity index (χ2n) is 2.47. The molecular formula is C8H10ClFN2. The molecule has 1 aromatic rings. The number of rotatable bonds is 3. The van der Waals surface area contributed by atoms with Gasteiger partial charge in [-0.15, -0.1) is 0 Å². The number of nitrogens with zero attached hydrogens (tertiary/aromatic N) is 1. The zero-order valence-corrected chi connectivity index (χ0v) is 7.31. The highest BCUT2D eigenvalue weighted by atomic mass is 35.5. The molecule has 0 aliphatic carbocycles. The van der Waals surface area contributed by atoms with Gasteiger partial charge < -0.3 is 5.73 Å².